The summed E-state index contributed by atoms with van der Waals surface area (Å²) in [6.07, 6.45) is 7.97. The molecule has 1 fully saturated rings. The first-order valence-corrected chi connectivity index (χ1v) is 11.2. The number of halogens is 3. The number of rotatable bonds is 4. The molecule has 0 spiro atoms. The van der Waals surface area contributed by atoms with Gasteiger partial charge in [0.2, 0.25) is 0 Å². The van der Waals surface area contributed by atoms with Crippen LogP contribution in [0.1, 0.15) is 55.3 Å². The number of carbonyl (C=O) groups is 2. The summed E-state index contributed by atoms with van der Waals surface area (Å²) in [5.41, 5.74) is 1.28. The highest BCUT2D eigenvalue weighted by Gasteiger charge is 2.17. The molecule has 0 heterocycles. The summed E-state index contributed by atoms with van der Waals surface area (Å²) in [5.74, 6) is -0.162. The van der Waals surface area contributed by atoms with Crippen LogP contribution < -0.4 is 16.0 Å². The molecular weight excluding hydrogens is 445 g/mol. The van der Waals surface area contributed by atoms with E-state index in [0.717, 1.165) is 25.7 Å². The first-order valence-electron chi connectivity index (χ1n) is 10.1. The van der Waals surface area contributed by atoms with Crippen LogP contribution >= 0.6 is 34.8 Å². The Morgan fingerprint density at radius 2 is 1.43 bits per heavy atom. The molecule has 1 aliphatic carbocycles. The molecule has 8 heteroatoms. The van der Waals surface area contributed by atoms with Crippen LogP contribution in [0.3, 0.4) is 0 Å². The summed E-state index contributed by atoms with van der Waals surface area (Å²) < 4.78 is 0. The zero-order valence-corrected chi connectivity index (χ0v) is 18.7. The molecule has 5 nitrogen and oxygen atoms in total. The quantitative estimate of drug-likeness (QED) is 0.446. The normalized spacial score (nSPS) is 15.0. The standard InChI is InChI=1S/C22H24Cl3N3O2/c23-17-11-9-16(13-19(17)25)27-22(30)28-20-12-14(8-10-18(20)24)21(29)26-15-6-4-2-1-3-5-7-15/h8-13,15H,1-7H2,(H,26,29)(H2,27,28,30). The molecule has 0 atom stereocenters. The van der Waals surface area contributed by atoms with E-state index in [-0.39, 0.29) is 11.9 Å². The van der Waals surface area contributed by atoms with Gasteiger partial charge in [0, 0.05) is 17.3 Å². The Hall–Kier alpha value is -1.95. The van der Waals surface area contributed by atoms with Crippen LogP contribution in [0.2, 0.25) is 15.1 Å². The van der Waals surface area contributed by atoms with E-state index in [9.17, 15) is 9.59 Å². The van der Waals surface area contributed by atoms with Gasteiger partial charge in [0.15, 0.2) is 0 Å². The van der Waals surface area contributed by atoms with Crippen LogP contribution in [0.25, 0.3) is 0 Å². The van der Waals surface area contributed by atoms with Gasteiger partial charge < -0.3 is 16.0 Å². The van der Waals surface area contributed by atoms with Crippen LogP contribution in [0.5, 0.6) is 0 Å². The second-order valence-electron chi connectivity index (χ2n) is 7.42. The van der Waals surface area contributed by atoms with E-state index in [4.69, 9.17) is 34.8 Å². The summed E-state index contributed by atoms with van der Waals surface area (Å²) in [6, 6.07) is 9.28. The number of amides is 3. The van der Waals surface area contributed by atoms with Gasteiger partial charge in [-0.25, -0.2) is 4.79 Å². The van der Waals surface area contributed by atoms with Crippen molar-refractivity contribution < 1.29 is 9.59 Å². The highest BCUT2D eigenvalue weighted by Crippen LogP contribution is 2.26. The van der Waals surface area contributed by atoms with Gasteiger partial charge in [-0.3, -0.25) is 4.79 Å². The first kappa shape index (κ1) is 22.7. The van der Waals surface area contributed by atoms with Crippen molar-refractivity contribution >= 4 is 58.1 Å². The van der Waals surface area contributed by atoms with Crippen molar-refractivity contribution in [1.82, 2.24) is 5.32 Å². The van der Waals surface area contributed by atoms with E-state index in [1.54, 1.807) is 36.4 Å². The second-order valence-corrected chi connectivity index (χ2v) is 8.64. The maximum absolute atomic E-state index is 12.7. The lowest BCUT2D eigenvalue weighted by Gasteiger charge is -2.21. The summed E-state index contributed by atoms with van der Waals surface area (Å²) in [4.78, 5) is 25.1. The van der Waals surface area contributed by atoms with Crippen LogP contribution in [-0.4, -0.2) is 18.0 Å². The third-order valence-electron chi connectivity index (χ3n) is 5.09. The van der Waals surface area contributed by atoms with Crippen LogP contribution in [0, 0.1) is 0 Å². The van der Waals surface area contributed by atoms with Crippen molar-refractivity contribution in [3.8, 4) is 0 Å². The summed E-state index contributed by atoms with van der Waals surface area (Å²) in [5, 5.41) is 9.51. The predicted molar refractivity (Wildman–Crippen MR) is 124 cm³/mol. The molecule has 30 heavy (non-hydrogen) atoms. The van der Waals surface area contributed by atoms with Crippen molar-refractivity contribution in [2.24, 2.45) is 0 Å². The Kier molecular flexibility index (Phi) is 8.25. The third kappa shape index (κ3) is 6.53. The number of hydrogen-bond acceptors (Lipinski definition) is 2. The van der Waals surface area contributed by atoms with Gasteiger partial charge >= 0.3 is 6.03 Å². The van der Waals surface area contributed by atoms with Gasteiger partial charge in [0.25, 0.3) is 5.91 Å². The van der Waals surface area contributed by atoms with Gasteiger partial charge in [-0.15, -0.1) is 0 Å². The Labute approximate surface area is 191 Å². The van der Waals surface area contributed by atoms with E-state index in [1.807, 2.05) is 0 Å². The Morgan fingerprint density at radius 1 is 0.767 bits per heavy atom. The van der Waals surface area contributed by atoms with Gasteiger partial charge in [-0.2, -0.15) is 0 Å². The van der Waals surface area contributed by atoms with Crippen LogP contribution in [0.4, 0.5) is 16.2 Å². The topological polar surface area (TPSA) is 70.2 Å². The molecule has 160 valence electrons. The maximum Gasteiger partial charge on any atom is 0.323 e. The third-order valence-corrected chi connectivity index (χ3v) is 6.16. The molecule has 0 radical (unpaired) electrons. The minimum absolute atomic E-state index is 0.162. The number of hydrogen-bond donors (Lipinski definition) is 3. The number of nitrogens with one attached hydrogen (secondary N) is 3. The average Bonchev–Trinajstić information content (AvgIpc) is 2.68. The zero-order chi connectivity index (χ0) is 21.5. The van der Waals surface area contributed by atoms with E-state index >= 15 is 0 Å². The van der Waals surface area contributed by atoms with Gasteiger partial charge in [0.05, 0.1) is 20.8 Å². The summed E-state index contributed by atoms with van der Waals surface area (Å²) in [7, 11) is 0. The smallest absolute Gasteiger partial charge is 0.323 e. The molecule has 0 bridgehead atoms. The minimum atomic E-state index is -0.507. The average molecular weight is 469 g/mol. The highest BCUT2D eigenvalue weighted by atomic mass is 35.5. The Balaban J connectivity index is 1.64. The first-order chi connectivity index (χ1) is 14.4. The number of anilines is 2. The Bertz CT molecular complexity index is 912. The molecular formula is C22H24Cl3N3O2. The largest absolute Gasteiger partial charge is 0.349 e. The number of urea groups is 1. The van der Waals surface area contributed by atoms with Gasteiger partial charge in [0.1, 0.15) is 0 Å². The molecule has 3 rings (SSSR count). The fourth-order valence-corrected chi connectivity index (χ4v) is 3.95. The van der Waals surface area contributed by atoms with Crippen molar-refractivity contribution in [3.63, 3.8) is 0 Å². The van der Waals surface area contributed by atoms with E-state index in [2.05, 4.69) is 16.0 Å². The number of benzene rings is 2. The number of carbonyl (C=O) groups excluding carboxylic acids is 2. The van der Waals surface area contributed by atoms with Gasteiger partial charge in [-0.05, 0) is 49.2 Å². The van der Waals surface area contributed by atoms with Crippen molar-refractivity contribution in [1.29, 1.82) is 0 Å². The van der Waals surface area contributed by atoms with Gasteiger partial charge in [-0.1, -0.05) is 66.9 Å². The minimum Gasteiger partial charge on any atom is -0.349 e. The fourth-order valence-electron chi connectivity index (χ4n) is 3.49. The SMILES string of the molecule is O=C(Nc1ccc(Cl)c(Cl)c1)Nc1cc(C(=O)NC2CCCCCCC2)ccc1Cl. The lowest BCUT2D eigenvalue weighted by Crippen LogP contribution is -2.35. The zero-order valence-electron chi connectivity index (χ0n) is 16.4. The van der Waals surface area contributed by atoms with Crippen LogP contribution in [0.15, 0.2) is 36.4 Å². The van der Waals surface area contributed by atoms with Crippen LogP contribution in [-0.2, 0) is 0 Å². The molecule has 0 aliphatic heterocycles. The fraction of sp³-hybridized carbons (Fsp3) is 0.364. The van der Waals surface area contributed by atoms with E-state index < -0.39 is 6.03 Å². The predicted octanol–water partition coefficient (Wildman–Crippen LogP) is 7.13. The molecule has 3 N–H and O–H groups in total. The molecule has 3 amide bonds. The molecule has 0 saturated heterocycles. The van der Waals surface area contributed by atoms with Crippen molar-refractivity contribution in [2.45, 2.75) is 51.0 Å². The molecule has 1 aliphatic rings. The summed E-state index contributed by atoms with van der Waals surface area (Å²) >= 11 is 18.1. The van der Waals surface area contributed by atoms with E-state index in [1.165, 1.54) is 19.3 Å². The Morgan fingerprint density at radius 3 is 2.13 bits per heavy atom. The monoisotopic (exact) mass is 467 g/mol. The van der Waals surface area contributed by atoms with Crippen molar-refractivity contribution in [3.05, 3.63) is 57.0 Å². The molecule has 1 saturated carbocycles. The molecule has 2 aromatic rings. The van der Waals surface area contributed by atoms with E-state index in [0.29, 0.717) is 32.0 Å². The highest BCUT2D eigenvalue weighted by molar-refractivity contribution is 6.42. The maximum atomic E-state index is 12.7. The lowest BCUT2D eigenvalue weighted by atomic mass is 9.96. The molecule has 2 aromatic carbocycles. The second kappa shape index (κ2) is 10.9. The summed E-state index contributed by atoms with van der Waals surface area (Å²) in [6.45, 7) is 0. The molecule has 0 unspecified atom stereocenters. The van der Waals surface area contributed by atoms with Crippen molar-refractivity contribution in [2.75, 3.05) is 10.6 Å². The lowest BCUT2D eigenvalue weighted by molar-refractivity contribution is 0.0930. The molecule has 0 aromatic heterocycles.